The second-order valence-electron chi connectivity index (χ2n) is 5.09. The highest BCUT2D eigenvalue weighted by Gasteiger charge is 2.40. The third-order valence-corrected chi connectivity index (χ3v) is 3.93. The zero-order valence-electron chi connectivity index (χ0n) is 10.5. The lowest BCUT2D eigenvalue weighted by Crippen LogP contribution is -2.43. The van der Waals surface area contributed by atoms with Gasteiger partial charge in [-0.2, -0.15) is 5.10 Å². The van der Waals surface area contributed by atoms with Crippen molar-refractivity contribution in [1.29, 1.82) is 0 Å². The molecule has 18 heavy (non-hydrogen) atoms. The molecular formula is C13H18N4O. The molecule has 1 amide bonds. The van der Waals surface area contributed by atoms with Crippen LogP contribution in [0.3, 0.4) is 0 Å². The molecule has 3 atom stereocenters. The molecule has 96 valence electrons. The van der Waals surface area contributed by atoms with Gasteiger partial charge in [0.1, 0.15) is 6.54 Å². The summed E-state index contributed by atoms with van der Waals surface area (Å²) in [6.45, 7) is 0.273. The van der Waals surface area contributed by atoms with Gasteiger partial charge >= 0.3 is 0 Å². The van der Waals surface area contributed by atoms with Gasteiger partial charge in [0.25, 0.3) is 0 Å². The van der Waals surface area contributed by atoms with Crippen molar-refractivity contribution in [3.63, 3.8) is 0 Å². The van der Waals surface area contributed by atoms with Gasteiger partial charge in [-0.15, -0.1) is 0 Å². The van der Waals surface area contributed by atoms with Crippen LogP contribution in [0.2, 0.25) is 0 Å². The second kappa shape index (κ2) is 4.48. The maximum absolute atomic E-state index is 11.2. The number of carbonyl (C=O) groups is 1. The third kappa shape index (κ3) is 2.00. The quantitative estimate of drug-likeness (QED) is 0.779. The molecule has 1 saturated carbocycles. The van der Waals surface area contributed by atoms with Crippen LogP contribution in [0, 0.1) is 11.8 Å². The molecule has 1 heterocycles. The van der Waals surface area contributed by atoms with E-state index in [4.69, 9.17) is 0 Å². The highest BCUT2D eigenvalue weighted by molar-refractivity contribution is 5.75. The van der Waals surface area contributed by atoms with Crippen LogP contribution in [-0.4, -0.2) is 28.8 Å². The molecule has 0 radical (unpaired) electrons. The smallest absolute Gasteiger partial charge is 0.241 e. The van der Waals surface area contributed by atoms with E-state index in [2.05, 4.69) is 27.9 Å². The topological polar surface area (TPSA) is 59.0 Å². The number of nitrogens with zero attached hydrogens (tertiary/aromatic N) is 2. The molecular weight excluding hydrogens is 228 g/mol. The van der Waals surface area contributed by atoms with Gasteiger partial charge in [-0.05, 0) is 18.8 Å². The summed E-state index contributed by atoms with van der Waals surface area (Å²) in [5.74, 6) is 1.50. The van der Waals surface area contributed by atoms with Gasteiger partial charge < -0.3 is 10.6 Å². The van der Waals surface area contributed by atoms with Crippen LogP contribution >= 0.6 is 0 Å². The van der Waals surface area contributed by atoms with Gasteiger partial charge in [-0.3, -0.25) is 9.48 Å². The van der Waals surface area contributed by atoms with Gasteiger partial charge in [0.15, 0.2) is 0 Å². The molecule has 1 fully saturated rings. The van der Waals surface area contributed by atoms with Gasteiger partial charge in [0.05, 0.1) is 11.9 Å². The fraction of sp³-hybridized carbons (Fsp3) is 0.538. The summed E-state index contributed by atoms with van der Waals surface area (Å²) in [5, 5.41) is 10.3. The first-order chi connectivity index (χ1) is 8.76. The monoisotopic (exact) mass is 246 g/mol. The van der Waals surface area contributed by atoms with Crippen molar-refractivity contribution in [1.82, 2.24) is 15.1 Å². The van der Waals surface area contributed by atoms with Crippen molar-refractivity contribution in [2.45, 2.75) is 25.4 Å². The minimum absolute atomic E-state index is 0.0351. The molecule has 0 spiro atoms. The predicted octanol–water partition coefficient (Wildman–Crippen LogP) is 1.01. The first kappa shape index (κ1) is 11.3. The number of fused-ring (bicyclic) bond motifs is 1. The average molecular weight is 246 g/mol. The molecule has 5 nitrogen and oxygen atoms in total. The van der Waals surface area contributed by atoms with E-state index in [9.17, 15) is 4.79 Å². The molecule has 0 aliphatic heterocycles. The normalized spacial score (nSPS) is 28.6. The van der Waals surface area contributed by atoms with Gasteiger partial charge in [-0.1, -0.05) is 12.2 Å². The van der Waals surface area contributed by atoms with Crippen LogP contribution in [-0.2, 0) is 11.3 Å². The molecule has 0 saturated heterocycles. The Hall–Kier alpha value is -1.78. The minimum Gasteiger partial charge on any atom is -0.379 e. The number of allylic oxidation sites excluding steroid dienone is 1. The molecule has 3 unspecified atom stereocenters. The van der Waals surface area contributed by atoms with E-state index in [1.54, 1.807) is 17.9 Å². The Morgan fingerprint density at radius 2 is 2.50 bits per heavy atom. The lowest BCUT2D eigenvalue weighted by atomic mass is 9.71. The summed E-state index contributed by atoms with van der Waals surface area (Å²) in [5.41, 5.74) is 1.00. The number of hydrogen-bond acceptors (Lipinski definition) is 3. The molecule has 1 aromatic heterocycles. The van der Waals surface area contributed by atoms with Crippen LogP contribution in [0.1, 0.15) is 12.8 Å². The number of hydrogen-bond donors (Lipinski definition) is 2. The second-order valence-corrected chi connectivity index (χ2v) is 5.09. The lowest BCUT2D eigenvalue weighted by Gasteiger charge is -2.40. The van der Waals surface area contributed by atoms with Gasteiger partial charge in [-0.25, -0.2) is 0 Å². The largest absolute Gasteiger partial charge is 0.379 e. The predicted molar refractivity (Wildman–Crippen MR) is 69.1 cm³/mol. The Bertz CT molecular complexity index is 479. The van der Waals surface area contributed by atoms with Gasteiger partial charge in [0.2, 0.25) is 5.91 Å². The molecule has 5 heteroatoms. The number of nitrogens with one attached hydrogen (secondary N) is 2. The molecule has 2 aliphatic carbocycles. The fourth-order valence-corrected chi connectivity index (χ4v) is 2.85. The van der Waals surface area contributed by atoms with Crippen LogP contribution in [0.15, 0.2) is 24.5 Å². The van der Waals surface area contributed by atoms with E-state index < -0.39 is 0 Å². The maximum atomic E-state index is 11.2. The van der Waals surface area contributed by atoms with Crippen molar-refractivity contribution < 1.29 is 4.79 Å². The van der Waals surface area contributed by atoms with Crippen LogP contribution in [0.5, 0.6) is 0 Å². The number of amides is 1. The molecule has 0 bridgehead atoms. The van der Waals surface area contributed by atoms with Crippen molar-refractivity contribution in [3.05, 3.63) is 24.5 Å². The lowest BCUT2D eigenvalue weighted by molar-refractivity contribution is -0.121. The summed E-state index contributed by atoms with van der Waals surface area (Å²) in [6.07, 6.45) is 10.8. The summed E-state index contributed by atoms with van der Waals surface area (Å²) in [7, 11) is 1.63. The summed E-state index contributed by atoms with van der Waals surface area (Å²) in [6, 6.07) is 0.534. The fourth-order valence-electron chi connectivity index (χ4n) is 2.85. The van der Waals surface area contributed by atoms with E-state index in [1.807, 2.05) is 6.20 Å². The first-order valence-electron chi connectivity index (χ1n) is 6.42. The molecule has 2 N–H and O–H groups in total. The minimum atomic E-state index is -0.0351. The Morgan fingerprint density at radius 3 is 3.28 bits per heavy atom. The van der Waals surface area contributed by atoms with E-state index in [-0.39, 0.29) is 12.5 Å². The Balaban J connectivity index is 1.57. The van der Waals surface area contributed by atoms with Crippen molar-refractivity contribution in [3.8, 4) is 0 Å². The van der Waals surface area contributed by atoms with Crippen LogP contribution < -0.4 is 10.6 Å². The molecule has 3 rings (SSSR count). The Labute approximate surface area is 106 Å². The van der Waals surface area contributed by atoms with Crippen molar-refractivity contribution >= 4 is 11.6 Å². The summed E-state index contributed by atoms with van der Waals surface area (Å²) < 4.78 is 1.65. The first-order valence-corrected chi connectivity index (χ1v) is 6.42. The zero-order chi connectivity index (χ0) is 12.5. The molecule has 0 aromatic carbocycles. The number of likely N-dealkylation sites (N-methyl/N-ethyl adjacent to an activating group) is 1. The number of anilines is 1. The summed E-state index contributed by atoms with van der Waals surface area (Å²) >= 11 is 0. The number of aromatic nitrogens is 2. The van der Waals surface area contributed by atoms with Gasteiger partial charge in [0, 0.05) is 25.2 Å². The van der Waals surface area contributed by atoms with E-state index in [0.29, 0.717) is 12.0 Å². The highest BCUT2D eigenvalue weighted by Crippen LogP contribution is 2.43. The standard InChI is InChI=1S/C13H18N4O/c1-14-13(18)8-17-7-10(6-15-17)16-12-5-9-3-2-4-11(9)12/h2,4,6-7,9,11-12,16H,3,5,8H2,1H3,(H,14,18). The Kier molecular flexibility index (Phi) is 2.81. The van der Waals surface area contributed by atoms with E-state index in [0.717, 1.165) is 11.6 Å². The number of rotatable bonds is 4. The highest BCUT2D eigenvalue weighted by atomic mass is 16.1. The van der Waals surface area contributed by atoms with Crippen molar-refractivity contribution in [2.24, 2.45) is 11.8 Å². The SMILES string of the molecule is CNC(=O)Cn1cc(NC2CC3CC=CC32)cn1. The molecule has 2 aliphatic rings. The zero-order valence-corrected chi connectivity index (χ0v) is 10.5. The number of carbonyl (C=O) groups excluding carboxylic acids is 1. The van der Waals surface area contributed by atoms with E-state index in [1.165, 1.54) is 12.8 Å². The average Bonchev–Trinajstić information content (AvgIpc) is 2.93. The van der Waals surface area contributed by atoms with Crippen LogP contribution in [0.25, 0.3) is 0 Å². The van der Waals surface area contributed by atoms with Crippen molar-refractivity contribution in [2.75, 3.05) is 12.4 Å². The maximum Gasteiger partial charge on any atom is 0.241 e. The third-order valence-electron chi connectivity index (χ3n) is 3.93. The molecule has 1 aromatic rings. The Morgan fingerprint density at radius 1 is 1.61 bits per heavy atom. The van der Waals surface area contributed by atoms with E-state index >= 15 is 0 Å². The van der Waals surface area contributed by atoms with Crippen LogP contribution in [0.4, 0.5) is 5.69 Å². The summed E-state index contributed by atoms with van der Waals surface area (Å²) in [4.78, 5) is 11.2.